The first-order valence-corrected chi connectivity index (χ1v) is 9.69. The molecule has 0 bridgehead atoms. The number of amides is 2. The van der Waals surface area contributed by atoms with E-state index < -0.39 is 0 Å². The zero-order chi connectivity index (χ0) is 18.4. The number of carbonyl (C=O) groups excluding carboxylic acids is 1. The number of carbonyl (C=O) groups is 1. The first-order valence-electron chi connectivity index (χ1n) is 8.87. The minimum Gasteiger partial charge on any atom is -0.381 e. The first kappa shape index (κ1) is 17.3. The van der Waals surface area contributed by atoms with E-state index in [1.54, 1.807) is 9.47 Å². The molecular weight excluding hydrogens is 356 g/mol. The van der Waals surface area contributed by atoms with Crippen LogP contribution in [0.3, 0.4) is 0 Å². The van der Waals surface area contributed by atoms with E-state index >= 15 is 0 Å². The average Bonchev–Trinajstić information content (AvgIpc) is 3.11. The molecule has 26 heavy (non-hydrogen) atoms. The molecule has 4 rings (SSSR count). The number of aryl methyl sites for hydroxylation is 1. The highest BCUT2D eigenvalue weighted by molar-refractivity contribution is 7.18. The third-order valence-electron chi connectivity index (χ3n) is 5.14. The van der Waals surface area contributed by atoms with Gasteiger partial charge in [-0.3, -0.25) is 13.9 Å². The van der Waals surface area contributed by atoms with Crippen molar-refractivity contribution in [1.82, 2.24) is 19.4 Å². The molecular formula is C17H22N4O4S. The van der Waals surface area contributed by atoms with Gasteiger partial charge in [0.1, 0.15) is 4.83 Å². The topological polar surface area (TPSA) is 85.6 Å². The number of fused-ring (bicyclic) bond motifs is 1. The maximum atomic E-state index is 12.9. The van der Waals surface area contributed by atoms with E-state index in [4.69, 9.17) is 4.74 Å². The van der Waals surface area contributed by atoms with Gasteiger partial charge in [0.05, 0.1) is 25.1 Å². The molecule has 2 fully saturated rings. The second kappa shape index (κ2) is 6.55. The number of nitrogens with one attached hydrogen (secondary N) is 1. The first-order chi connectivity index (χ1) is 12.5. The molecule has 1 N–H and O–H groups in total. The third-order valence-corrected chi connectivity index (χ3v) is 6.44. The molecule has 2 aromatic heterocycles. The van der Waals surface area contributed by atoms with Gasteiger partial charge in [-0.05, 0) is 19.4 Å². The summed E-state index contributed by atoms with van der Waals surface area (Å²) in [6.45, 7) is 7.65. The second-order valence-corrected chi connectivity index (χ2v) is 7.91. The summed E-state index contributed by atoms with van der Waals surface area (Å²) < 4.78 is 8.26. The fourth-order valence-corrected chi connectivity index (χ4v) is 4.83. The van der Waals surface area contributed by atoms with Crippen LogP contribution in [0.5, 0.6) is 0 Å². The Morgan fingerprint density at radius 1 is 1.23 bits per heavy atom. The van der Waals surface area contributed by atoms with Crippen molar-refractivity contribution in [2.45, 2.75) is 33.5 Å². The molecule has 2 aromatic rings. The predicted octanol–water partition coefficient (Wildman–Crippen LogP) is 0.725. The van der Waals surface area contributed by atoms with Gasteiger partial charge >= 0.3 is 11.7 Å². The molecule has 0 spiro atoms. The Bertz CT molecular complexity index is 985. The van der Waals surface area contributed by atoms with Crippen molar-refractivity contribution in [3.63, 3.8) is 0 Å². The van der Waals surface area contributed by atoms with Crippen molar-refractivity contribution in [3.8, 4) is 0 Å². The Balaban J connectivity index is 1.86. The molecule has 0 aromatic carbocycles. The molecule has 8 nitrogen and oxygen atoms in total. The molecule has 0 radical (unpaired) electrons. The smallest absolute Gasteiger partial charge is 0.332 e. The number of ether oxygens (including phenoxy) is 1. The second-order valence-electron chi connectivity index (χ2n) is 6.83. The number of hydrogen-bond donors (Lipinski definition) is 1. The lowest BCUT2D eigenvalue weighted by atomic mass is 10.1. The molecule has 2 aliphatic rings. The number of aromatic nitrogens is 2. The van der Waals surface area contributed by atoms with E-state index in [1.165, 1.54) is 15.9 Å². The summed E-state index contributed by atoms with van der Waals surface area (Å²) in [6.07, 6.45) is 0. The third kappa shape index (κ3) is 2.66. The molecule has 2 aliphatic heterocycles. The summed E-state index contributed by atoms with van der Waals surface area (Å²) in [7, 11) is 0. The SMILES string of the molecule is CCn1c(=O)c2c(C)c(CN3CCNC3=O)sc2n(CC2COC2)c1=O. The standard InChI is InChI=1S/C17H22N4O4S/c1-3-20-14(22)13-10(2)12(7-19-5-4-18-16(19)23)26-15(13)21(17(20)24)6-11-8-25-9-11/h11H,3-9H2,1-2H3,(H,18,23). The Kier molecular flexibility index (Phi) is 4.36. The van der Waals surface area contributed by atoms with Gasteiger partial charge in [-0.1, -0.05) is 0 Å². The normalized spacial score (nSPS) is 17.8. The summed E-state index contributed by atoms with van der Waals surface area (Å²) in [5.41, 5.74) is 0.374. The largest absolute Gasteiger partial charge is 0.381 e. The highest BCUT2D eigenvalue weighted by Gasteiger charge is 2.26. The van der Waals surface area contributed by atoms with Gasteiger partial charge in [0.15, 0.2) is 0 Å². The molecule has 9 heteroatoms. The van der Waals surface area contributed by atoms with Crippen LogP contribution in [-0.4, -0.2) is 46.4 Å². The fourth-order valence-electron chi connectivity index (χ4n) is 3.51. The van der Waals surface area contributed by atoms with Gasteiger partial charge in [-0.25, -0.2) is 9.59 Å². The molecule has 0 atom stereocenters. The van der Waals surface area contributed by atoms with E-state index in [2.05, 4.69) is 5.32 Å². The van der Waals surface area contributed by atoms with Gasteiger partial charge in [0.25, 0.3) is 5.56 Å². The summed E-state index contributed by atoms with van der Waals surface area (Å²) in [6, 6.07) is -0.0863. The molecule has 4 heterocycles. The maximum Gasteiger partial charge on any atom is 0.332 e. The minimum atomic E-state index is -0.261. The predicted molar refractivity (Wildman–Crippen MR) is 98.9 cm³/mol. The summed E-state index contributed by atoms with van der Waals surface area (Å²) in [4.78, 5) is 41.0. The molecule has 0 saturated carbocycles. The van der Waals surface area contributed by atoms with Crippen LogP contribution >= 0.6 is 11.3 Å². The van der Waals surface area contributed by atoms with E-state index in [0.29, 0.717) is 62.1 Å². The van der Waals surface area contributed by atoms with Crippen LogP contribution in [0.2, 0.25) is 0 Å². The van der Waals surface area contributed by atoms with E-state index in [-0.39, 0.29) is 17.3 Å². The Hall–Kier alpha value is -2.13. The maximum absolute atomic E-state index is 12.9. The number of urea groups is 1. The highest BCUT2D eigenvalue weighted by atomic mass is 32.1. The van der Waals surface area contributed by atoms with Gasteiger partial charge in [-0.2, -0.15) is 0 Å². The average molecular weight is 378 g/mol. The van der Waals surface area contributed by atoms with Crippen molar-refractivity contribution < 1.29 is 9.53 Å². The van der Waals surface area contributed by atoms with Crippen LogP contribution in [0.25, 0.3) is 10.2 Å². The van der Waals surface area contributed by atoms with E-state index in [1.807, 2.05) is 13.8 Å². The summed E-state index contributed by atoms with van der Waals surface area (Å²) >= 11 is 1.45. The van der Waals surface area contributed by atoms with E-state index in [0.717, 1.165) is 10.4 Å². The Labute approximate surface area is 154 Å². The van der Waals surface area contributed by atoms with Gasteiger partial charge in [-0.15, -0.1) is 11.3 Å². The monoisotopic (exact) mass is 378 g/mol. The fraction of sp³-hybridized carbons (Fsp3) is 0.588. The Morgan fingerprint density at radius 3 is 2.58 bits per heavy atom. The highest BCUT2D eigenvalue weighted by Crippen LogP contribution is 2.30. The lowest BCUT2D eigenvalue weighted by Crippen LogP contribution is -2.42. The van der Waals surface area contributed by atoms with Crippen molar-refractivity contribution >= 4 is 27.6 Å². The van der Waals surface area contributed by atoms with Crippen LogP contribution in [-0.2, 0) is 24.4 Å². The molecule has 140 valence electrons. The van der Waals surface area contributed by atoms with Crippen LogP contribution in [0.1, 0.15) is 17.4 Å². The molecule has 2 amide bonds. The van der Waals surface area contributed by atoms with Crippen molar-refractivity contribution in [1.29, 1.82) is 0 Å². The molecule has 0 unspecified atom stereocenters. The van der Waals surface area contributed by atoms with Gasteiger partial charge in [0.2, 0.25) is 0 Å². The minimum absolute atomic E-state index is 0.0863. The van der Waals surface area contributed by atoms with Crippen LogP contribution < -0.4 is 16.6 Å². The zero-order valence-electron chi connectivity index (χ0n) is 14.9. The van der Waals surface area contributed by atoms with Gasteiger partial charge < -0.3 is 15.0 Å². The van der Waals surface area contributed by atoms with Crippen LogP contribution in [0, 0.1) is 12.8 Å². The zero-order valence-corrected chi connectivity index (χ0v) is 15.7. The molecule has 2 saturated heterocycles. The van der Waals surface area contributed by atoms with Crippen LogP contribution in [0.15, 0.2) is 9.59 Å². The van der Waals surface area contributed by atoms with Crippen molar-refractivity contribution in [2.24, 2.45) is 5.92 Å². The number of hydrogen-bond acceptors (Lipinski definition) is 5. The van der Waals surface area contributed by atoms with Gasteiger partial charge in [0, 0.05) is 37.0 Å². The van der Waals surface area contributed by atoms with Crippen LogP contribution in [0.4, 0.5) is 4.79 Å². The van der Waals surface area contributed by atoms with Crippen molar-refractivity contribution in [3.05, 3.63) is 31.3 Å². The Morgan fingerprint density at radius 2 is 2.00 bits per heavy atom. The summed E-state index contributed by atoms with van der Waals surface area (Å²) in [5, 5.41) is 3.39. The summed E-state index contributed by atoms with van der Waals surface area (Å²) in [5.74, 6) is 0.300. The van der Waals surface area contributed by atoms with E-state index in [9.17, 15) is 14.4 Å². The lowest BCUT2D eigenvalue weighted by molar-refractivity contribution is -0.0394. The number of nitrogens with zero attached hydrogens (tertiary/aromatic N) is 3. The number of rotatable bonds is 5. The van der Waals surface area contributed by atoms with Crippen molar-refractivity contribution in [2.75, 3.05) is 26.3 Å². The number of thiophene rings is 1. The lowest BCUT2D eigenvalue weighted by Gasteiger charge is -2.26. The molecule has 0 aliphatic carbocycles. The quantitative estimate of drug-likeness (QED) is 0.831.